The summed E-state index contributed by atoms with van der Waals surface area (Å²) in [5, 5.41) is 18.5. The standard InChI is InChI=1S/C19H25N3O3/c1-22(14-19(24)12-5-6-13-19)17(23)11-7-10-16-20-21-18(25-16)15-8-3-2-4-9-15/h2-4,8-9,24H,5-7,10-14H2,1H3. The molecule has 0 saturated heterocycles. The van der Waals surface area contributed by atoms with Crippen molar-refractivity contribution < 1.29 is 14.3 Å². The highest BCUT2D eigenvalue weighted by molar-refractivity contribution is 5.75. The maximum Gasteiger partial charge on any atom is 0.247 e. The Balaban J connectivity index is 1.45. The van der Waals surface area contributed by atoms with Crippen molar-refractivity contribution in [1.29, 1.82) is 0 Å². The first kappa shape index (κ1) is 17.6. The Morgan fingerprint density at radius 2 is 1.96 bits per heavy atom. The summed E-state index contributed by atoms with van der Waals surface area (Å²) in [4.78, 5) is 13.9. The van der Waals surface area contributed by atoms with Gasteiger partial charge in [-0.1, -0.05) is 31.0 Å². The lowest BCUT2D eigenvalue weighted by Gasteiger charge is -2.28. The normalized spacial score (nSPS) is 16.1. The van der Waals surface area contributed by atoms with E-state index in [9.17, 15) is 9.90 Å². The first-order chi connectivity index (χ1) is 12.1. The van der Waals surface area contributed by atoms with E-state index in [1.54, 1.807) is 11.9 Å². The molecule has 6 heteroatoms. The number of rotatable bonds is 7. The number of benzene rings is 1. The number of nitrogens with zero attached hydrogens (tertiary/aromatic N) is 3. The van der Waals surface area contributed by atoms with Crippen molar-refractivity contribution >= 4 is 5.91 Å². The van der Waals surface area contributed by atoms with Crippen LogP contribution in [0, 0.1) is 0 Å². The molecule has 134 valence electrons. The largest absolute Gasteiger partial charge is 0.421 e. The smallest absolute Gasteiger partial charge is 0.247 e. The van der Waals surface area contributed by atoms with Crippen molar-refractivity contribution in [1.82, 2.24) is 15.1 Å². The van der Waals surface area contributed by atoms with E-state index in [-0.39, 0.29) is 5.91 Å². The lowest BCUT2D eigenvalue weighted by Crippen LogP contribution is -2.41. The van der Waals surface area contributed by atoms with Gasteiger partial charge in [0.1, 0.15) is 0 Å². The van der Waals surface area contributed by atoms with Crippen LogP contribution in [0.3, 0.4) is 0 Å². The van der Waals surface area contributed by atoms with Gasteiger partial charge < -0.3 is 14.4 Å². The third-order valence-corrected chi connectivity index (χ3v) is 4.76. The molecule has 2 aromatic rings. The van der Waals surface area contributed by atoms with Gasteiger partial charge in [0.15, 0.2) is 0 Å². The molecule has 1 heterocycles. The van der Waals surface area contributed by atoms with Crippen LogP contribution in [0.5, 0.6) is 0 Å². The SMILES string of the molecule is CN(CC1(O)CCCC1)C(=O)CCCc1nnc(-c2ccccc2)o1. The predicted octanol–water partition coefficient (Wildman–Crippen LogP) is 2.82. The third-order valence-electron chi connectivity index (χ3n) is 4.76. The minimum absolute atomic E-state index is 0.0446. The van der Waals surface area contributed by atoms with Crippen LogP contribution in [0.2, 0.25) is 0 Å². The Morgan fingerprint density at radius 1 is 1.24 bits per heavy atom. The predicted molar refractivity (Wildman–Crippen MR) is 93.7 cm³/mol. The molecule has 6 nitrogen and oxygen atoms in total. The van der Waals surface area contributed by atoms with Crippen molar-refractivity contribution in [2.45, 2.75) is 50.5 Å². The fraction of sp³-hybridized carbons (Fsp3) is 0.526. The second-order valence-corrected chi connectivity index (χ2v) is 6.90. The minimum Gasteiger partial charge on any atom is -0.421 e. The van der Waals surface area contributed by atoms with E-state index in [2.05, 4.69) is 10.2 Å². The van der Waals surface area contributed by atoms with E-state index in [1.807, 2.05) is 30.3 Å². The van der Waals surface area contributed by atoms with Gasteiger partial charge in [-0.2, -0.15) is 0 Å². The van der Waals surface area contributed by atoms with Gasteiger partial charge in [-0.25, -0.2) is 0 Å². The Bertz CT molecular complexity index is 693. The summed E-state index contributed by atoms with van der Waals surface area (Å²) in [6, 6.07) is 9.62. The summed E-state index contributed by atoms with van der Waals surface area (Å²) in [7, 11) is 1.76. The van der Waals surface area contributed by atoms with E-state index in [0.29, 0.717) is 37.6 Å². The fourth-order valence-corrected chi connectivity index (χ4v) is 3.35. The number of hydrogen-bond donors (Lipinski definition) is 1. The molecule has 0 atom stereocenters. The van der Waals surface area contributed by atoms with Gasteiger partial charge in [-0.3, -0.25) is 4.79 Å². The van der Waals surface area contributed by atoms with Gasteiger partial charge in [0.2, 0.25) is 17.7 Å². The summed E-state index contributed by atoms with van der Waals surface area (Å²) in [5.74, 6) is 1.09. The lowest BCUT2D eigenvalue weighted by molar-refractivity contribution is -0.133. The molecule has 0 unspecified atom stereocenters. The zero-order valence-corrected chi connectivity index (χ0v) is 14.6. The van der Waals surface area contributed by atoms with Gasteiger partial charge in [-0.05, 0) is 31.4 Å². The summed E-state index contributed by atoms with van der Waals surface area (Å²) in [6.45, 7) is 0.421. The molecule has 1 aromatic heterocycles. The van der Waals surface area contributed by atoms with Gasteiger partial charge in [0, 0.05) is 32.0 Å². The summed E-state index contributed by atoms with van der Waals surface area (Å²) in [6.07, 6.45) is 5.29. The number of aliphatic hydroxyl groups is 1. The highest BCUT2D eigenvalue weighted by Gasteiger charge is 2.33. The average Bonchev–Trinajstić information content (AvgIpc) is 3.25. The van der Waals surface area contributed by atoms with Crippen molar-refractivity contribution in [3.8, 4) is 11.5 Å². The number of carbonyl (C=O) groups excluding carboxylic acids is 1. The van der Waals surface area contributed by atoms with Crippen LogP contribution in [0.15, 0.2) is 34.7 Å². The molecule has 1 amide bonds. The van der Waals surface area contributed by atoms with Crippen molar-refractivity contribution in [3.05, 3.63) is 36.2 Å². The highest BCUT2D eigenvalue weighted by Crippen LogP contribution is 2.30. The van der Waals surface area contributed by atoms with E-state index in [4.69, 9.17) is 4.42 Å². The fourth-order valence-electron chi connectivity index (χ4n) is 3.35. The molecule has 0 radical (unpaired) electrons. The van der Waals surface area contributed by atoms with Crippen LogP contribution < -0.4 is 0 Å². The van der Waals surface area contributed by atoms with Crippen LogP contribution in [0.25, 0.3) is 11.5 Å². The summed E-state index contributed by atoms with van der Waals surface area (Å²) in [5.41, 5.74) is 0.198. The monoisotopic (exact) mass is 343 g/mol. The van der Waals surface area contributed by atoms with Crippen molar-refractivity contribution in [2.75, 3.05) is 13.6 Å². The quantitative estimate of drug-likeness (QED) is 0.836. The Labute approximate surface area is 147 Å². The maximum atomic E-state index is 12.2. The molecule has 1 N–H and O–H groups in total. The number of amides is 1. The molecule has 1 aliphatic carbocycles. The minimum atomic E-state index is -0.693. The average molecular weight is 343 g/mol. The topological polar surface area (TPSA) is 79.5 Å². The molecule has 25 heavy (non-hydrogen) atoms. The molecule has 1 aromatic carbocycles. The van der Waals surface area contributed by atoms with E-state index < -0.39 is 5.60 Å². The first-order valence-electron chi connectivity index (χ1n) is 8.90. The molecule has 1 fully saturated rings. The highest BCUT2D eigenvalue weighted by atomic mass is 16.4. The molecule has 0 aliphatic heterocycles. The molecular formula is C19H25N3O3. The number of likely N-dealkylation sites (N-methyl/N-ethyl adjacent to an activating group) is 1. The van der Waals surface area contributed by atoms with Crippen LogP contribution in [-0.2, 0) is 11.2 Å². The zero-order chi connectivity index (χ0) is 17.7. The van der Waals surface area contributed by atoms with Gasteiger partial charge in [0.05, 0.1) is 5.60 Å². The number of aryl methyl sites for hydroxylation is 1. The van der Waals surface area contributed by atoms with Crippen molar-refractivity contribution in [3.63, 3.8) is 0 Å². The molecule has 3 rings (SSSR count). The van der Waals surface area contributed by atoms with Gasteiger partial charge >= 0.3 is 0 Å². The Kier molecular flexibility index (Phi) is 5.48. The Morgan fingerprint density at radius 3 is 2.68 bits per heavy atom. The van der Waals surface area contributed by atoms with E-state index in [0.717, 1.165) is 31.2 Å². The van der Waals surface area contributed by atoms with E-state index >= 15 is 0 Å². The molecule has 0 spiro atoms. The first-order valence-corrected chi connectivity index (χ1v) is 8.90. The molecule has 1 saturated carbocycles. The van der Waals surface area contributed by atoms with Crippen LogP contribution >= 0.6 is 0 Å². The molecule has 1 aliphatic rings. The molecular weight excluding hydrogens is 318 g/mol. The zero-order valence-electron chi connectivity index (χ0n) is 14.6. The summed E-state index contributed by atoms with van der Waals surface area (Å²) >= 11 is 0. The number of aromatic nitrogens is 2. The lowest BCUT2D eigenvalue weighted by atomic mass is 10.0. The second-order valence-electron chi connectivity index (χ2n) is 6.90. The van der Waals surface area contributed by atoms with Gasteiger partial charge in [-0.15, -0.1) is 10.2 Å². The maximum absolute atomic E-state index is 12.2. The second kappa shape index (κ2) is 7.78. The van der Waals surface area contributed by atoms with Crippen LogP contribution in [0.4, 0.5) is 0 Å². The van der Waals surface area contributed by atoms with Gasteiger partial charge in [0.25, 0.3) is 0 Å². The van der Waals surface area contributed by atoms with Crippen LogP contribution in [-0.4, -0.2) is 45.3 Å². The number of carbonyl (C=O) groups is 1. The summed E-state index contributed by atoms with van der Waals surface area (Å²) < 4.78 is 5.65. The molecule has 0 bridgehead atoms. The van der Waals surface area contributed by atoms with Crippen molar-refractivity contribution in [2.24, 2.45) is 0 Å². The van der Waals surface area contributed by atoms with E-state index in [1.165, 1.54) is 0 Å². The number of hydrogen-bond acceptors (Lipinski definition) is 5. The van der Waals surface area contributed by atoms with Crippen LogP contribution in [0.1, 0.15) is 44.4 Å². The third kappa shape index (κ3) is 4.66. The Hall–Kier alpha value is -2.21.